The van der Waals surface area contributed by atoms with Gasteiger partial charge >= 0.3 is 6.03 Å². The van der Waals surface area contributed by atoms with E-state index in [4.69, 9.17) is 0 Å². The van der Waals surface area contributed by atoms with Crippen LogP contribution in [0, 0.1) is 17.2 Å². The molecule has 1 aliphatic carbocycles. The number of anilines is 1. The van der Waals surface area contributed by atoms with Gasteiger partial charge in [0.05, 0.1) is 12.0 Å². The molecule has 0 aromatic heterocycles. The number of carbonyl (C=O) groups is 2. The Morgan fingerprint density at radius 2 is 1.95 bits per heavy atom. The summed E-state index contributed by atoms with van der Waals surface area (Å²) < 4.78 is 0. The molecular weight excluding hydrogens is 280 g/mol. The van der Waals surface area contributed by atoms with Gasteiger partial charge in [-0.2, -0.15) is 5.26 Å². The molecule has 6 nitrogen and oxygen atoms in total. The van der Waals surface area contributed by atoms with E-state index in [-0.39, 0.29) is 30.4 Å². The van der Waals surface area contributed by atoms with E-state index in [2.05, 4.69) is 16.7 Å². The van der Waals surface area contributed by atoms with Crippen LogP contribution in [-0.2, 0) is 4.79 Å². The smallest absolute Gasteiger partial charge is 0.318 e. The van der Waals surface area contributed by atoms with E-state index in [1.807, 2.05) is 30.3 Å². The lowest BCUT2D eigenvalue weighted by Gasteiger charge is -2.20. The summed E-state index contributed by atoms with van der Waals surface area (Å²) in [5.41, 5.74) is 0.724. The Morgan fingerprint density at radius 1 is 1.23 bits per heavy atom. The molecule has 2 aliphatic rings. The third-order valence-electron chi connectivity index (χ3n) is 4.03. The Balaban J connectivity index is 1.61. The largest absolute Gasteiger partial charge is 0.335 e. The predicted octanol–water partition coefficient (Wildman–Crippen LogP) is 1.71. The fourth-order valence-electron chi connectivity index (χ4n) is 2.62. The van der Waals surface area contributed by atoms with Crippen molar-refractivity contribution >= 4 is 17.6 Å². The van der Waals surface area contributed by atoms with Crippen LogP contribution in [0.25, 0.3) is 0 Å². The molecule has 0 spiro atoms. The predicted molar refractivity (Wildman–Crippen MR) is 80.8 cm³/mol. The Hall–Kier alpha value is -2.55. The minimum absolute atomic E-state index is 0.145. The number of nitrogens with one attached hydrogen (secondary N) is 2. The van der Waals surface area contributed by atoms with Crippen LogP contribution in [0.3, 0.4) is 0 Å². The van der Waals surface area contributed by atoms with Crippen LogP contribution in [0.4, 0.5) is 10.5 Å². The number of urea groups is 1. The van der Waals surface area contributed by atoms with Crippen molar-refractivity contribution in [1.82, 2.24) is 10.2 Å². The summed E-state index contributed by atoms with van der Waals surface area (Å²) in [6, 6.07) is 10.8. The topological polar surface area (TPSA) is 85.2 Å². The molecule has 1 aromatic carbocycles. The van der Waals surface area contributed by atoms with E-state index in [0.717, 1.165) is 18.5 Å². The Morgan fingerprint density at radius 3 is 2.59 bits per heavy atom. The number of carbonyl (C=O) groups excluding carboxylic acids is 2. The van der Waals surface area contributed by atoms with Crippen molar-refractivity contribution < 1.29 is 9.59 Å². The van der Waals surface area contributed by atoms with Crippen LogP contribution >= 0.6 is 0 Å². The number of rotatable bonds is 3. The lowest BCUT2D eigenvalue weighted by atomic mass is 10.1. The van der Waals surface area contributed by atoms with E-state index in [0.29, 0.717) is 6.42 Å². The Bertz CT molecular complexity index is 606. The number of hydrogen-bond acceptors (Lipinski definition) is 3. The molecule has 3 rings (SSSR count). The van der Waals surface area contributed by atoms with E-state index >= 15 is 0 Å². The highest BCUT2D eigenvalue weighted by Gasteiger charge is 2.40. The molecular formula is C16H18N4O2. The third kappa shape index (κ3) is 3.19. The second-order valence-electron chi connectivity index (χ2n) is 5.81. The first-order valence-corrected chi connectivity index (χ1v) is 7.50. The van der Waals surface area contributed by atoms with Gasteiger partial charge in [-0.15, -0.1) is 0 Å². The van der Waals surface area contributed by atoms with E-state index < -0.39 is 6.04 Å². The van der Waals surface area contributed by atoms with Crippen LogP contribution in [0.15, 0.2) is 30.3 Å². The van der Waals surface area contributed by atoms with Gasteiger partial charge in [0.2, 0.25) is 5.91 Å². The van der Waals surface area contributed by atoms with E-state index in [1.165, 1.54) is 4.90 Å². The van der Waals surface area contributed by atoms with Crippen LogP contribution in [0.5, 0.6) is 0 Å². The van der Waals surface area contributed by atoms with Crippen molar-refractivity contribution in [3.05, 3.63) is 30.3 Å². The fourth-order valence-corrected chi connectivity index (χ4v) is 2.62. The summed E-state index contributed by atoms with van der Waals surface area (Å²) in [5.74, 6) is -0.497. The van der Waals surface area contributed by atoms with Gasteiger partial charge in [0, 0.05) is 18.3 Å². The third-order valence-corrected chi connectivity index (χ3v) is 4.03. The first-order valence-electron chi connectivity index (χ1n) is 7.50. The van der Waals surface area contributed by atoms with Gasteiger partial charge in [0.25, 0.3) is 0 Å². The molecule has 1 aromatic rings. The average Bonchev–Trinajstić information content (AvgIpc) is 3.22. The molecule has 2 N–H and O–H groups in total. The number of amides is 3. The van der Waals surface area contributed by atoms with E-state index in [1.54, 1.807) is 0 Å². The zero-order chi connectivity index (χ0) is 15.5. The lowest BCUT2D eigenvalue weighted by Crippen LogP contribution is -2.43. The second-order valence-corrected chi connectivity index (χ2v) is 5.81. The number of nitriles is 1. The summed E-state index contributed by atoms with van der Waals surface area (Å²) in [5, 5.41) is 14.9. The van der Waals surface area contributed by atoms with Crippen molar-refractivity contribution in [3.8, 4) is 6.07 Å². The molecule has 1 aliphatic heterocycles. The number of para-hydroxylation sites is 1. The highest BCUT2D eigenvalue weighted by molar-refractivity contribution is 5.93. The molecule has 6 heteroatoms. The number of likely N-dealkylation sites (tertiary alicyclic amines) is 1. The highest BCUT2D eigenvalue weighted by Crippen LogP contribution is 2.26. The Labute approximate surface area is 129 Å². The minimum Gasteiger partial charge on any atom is -0.335 e. The molecule has 0 bridgehead atoms. The van der Waals surface area contributed by atoms with Crippen LogP contribution in [-0.4, -0.2) is 35.5 Å². The normalized spacial score (nSPS) is 23.7. The highest BCUT2D eigenvalue weighted by atomic mass is 16.2. The molecule has 0 radical (unpaired) electrons. The number of hydrogen-bond donors (Lipinski definition) is 2. The summed E-state index contributed by atoms with van der Waals surface area (Å²) in [7, 11) is 0. The van der Waals surface area contributed by atoms with E-state index in [9.17, 15) is 14.9 Å². The maximum Gasteiger partial charge on any atom is 0.318 e. The molecule has 3 amide bonds. The van der Waals surface area contributed by atoms with Gasteiger partial charge in [-0.25, -0.2) is 4.79 Å². The lowest BCUT2D eigenvalue weighted by molar-refractivity contribution is -0.119. The van der Waals surface area contributed by atoms with Gasteiger partial charge in [-0.05, 0) is 31.4 Å². The standard InChI is InChI=1S/C16H18N4O2/c17-9-14-8-11(10-20(14)16(22)19-13-6-7-13)15(21)18-12-4-2-1-3-5-12/h1-5,11,13-14H,6-8,10H2,(H,18,21)(H,19,22). The molecule has 22 heavy (non-hydrogen) atoms. The molecule has 2 fully saturated rings. The fraction of sp³-hybridized carbons (Fsp3) is 0.438. The van der Waals surface area contributed by atoms with Crippen molar-refractivity contribution in [2.24, 2.45) is 5.92 Å². The van der Waals surface area contributed by atoms with Crippen molar-refractivity contribution in [2.75, 3.05) is 11.9 Å². The summed E-state index contributed by atoms with van der Waals surface area (Å²) in [6.45, 7) is 0.287. The van der Waals surface area contributed by atoms with Gasteiger partial charge in [0.1, 0.15) is 6.04 Å². The molecule has 114 valence electrons. The van der Waals surface area contributed by atoms with Gasteiger partial charge in [-0.3, -0.25) is 4.79 Å². The monoisotopic (exact) mass is 298 g/mol. The summed E-state index contributed by atoms with van der Waals surface area (Å²) >= 11 is 0. The van der Waals surface area contributed by atoms with Crippen molar-refractivity contribution in [1.29, 1.82) is 5.26 Å². The average molecular weight is 298 g/mol. The quantitative estimate of drug-likeness (QED) is 0.891. The van der Waals surface area contributed by atoms with Crippen LogP contribution in [0.1, 0.15) is 19.3 Å². The molecule has 1 saturated heterocycles. The number of nitrogens with zero attached hydrogens (tertiary/aromatic N) is 2. The van der Waals surface area contributed by atoms with Gasteiger partial charge < -0.3 is 15.5 Å². The Kier molecular flexibility index (Phi) is 3.96. The first-order chi connectivity index (χ1) is 10.7. The van der Waals surface area contributed by atoms with Crippen molar-refractivity contribution in [3.63, 3.8) is 0 Å². The minimum atomic E-state index is -0.537. The number of benzene rings is 1. The van der Waals surface area contributed by atoms with Crippen LogP contribution in [0.2, 0.25) is 0 Å². The molecule has 2 unspecified atom stereocenters. The van der Waals surface area contributed by atoms with Gasteiger partial charge in [0.15, 0.2) is 0 Å². The van der Waals surface area contributed by atoms with Crippen LogP contribution < -0.4 is 10.6 Å². The van der Waals surface area contributed by atoms with Crippen molar-refractivity contribution in [2.45, 2.75) is 31.3 Å². The molecule has 1 saturated carbocycles. The second kappa shape index (κ2) is 6.06. The van der Waals surface area contributed by atoms with Gasteiger partial charge in [-0.1, -0.05) is 18.2 Å². The maximum atomic E-state index is 12.3. The summed E-state index contributed by atoms with van der Waals surface area (Å²) in [4.78, 5) is 25.9. The molecule has 1 heterocycles. The maximum absolute atomic E-state index is 12.3. The first kappa shape index (κ1) is 14.4. The SMILES string of the molecule is N#CC1CC(C(=O)Nc2ccccc2)CN1C(=O)NC1CC1. The molecule has 2 atom stereocenters. The summed E-state index contributed by atoms with van der Waals surface area (Å²) in [6.07, 6.45) is 2.37. The zero-order valence-electron chi connectivity index (χ0n) is 12.2. The zero-order valence-corrected chi connectivity index (χ0v) is 12.2.